The van der Waals surface area contributed by atoms with Crippen LogP contribution in [-0.2, 0) is 16.1 Å². The number of pyridine rings is 1. The second-order valence-corrected chi connectivity index (χ2v) is 6.57. The van der Waals surface area contributed by atoms with Crippen molar-refractivity contribution >= 4 is 11.7 Å². The maximum absolute atomic E-state index is 10.7. The first-order valence-electron chi connectivity index (χ1n) is 9.78. The molecule has 7 heteroatoms. The van der Waals surface area contributed by atoms with E-state index in [0.29, 0.717) is 17.9 Å². The largest absolute Gasteiger partial charge is 1.00 e. The van der Waals surface area contributed by atoms with Gasteiger partial charge in [0.15, 0.2) is 6.61 Å². The molecule has 0 aliphatic heterocycles. The zero-order valence-electron chi connectivity index (χ0n) is 17.8. The van der Waals surface area contributed by atoms with Crippen LogP contribution in [-0.4, -0.2) is 29.9 Å². The molecule has 2 aromatic carbocycles. The van der Waals surface area contributed by atoms with E-state index in [-0.39, 0.29) is 42.6 Å². The fourth-order valence-corrected chi connectivity index (χ4v) is 2.95. The van der Waals surface area contributed by atoms with Gasteiger partial charge in [0.2, 0.25) is 0 Å². The number of carbonyl (C=O) groups excluding carboxylic acids is 1. The number of aliphatic carboxylic acids is 1. The van der Waals surface area contributed by atoms with Gasteiger partial charge in [-0.15, -0.1) is 0 Å². The van der Waals surface area contributed by atoms with Gasteiger partial charge >= 0.3 is 29.6 Å². The van der Waals surface area contributed by atoms with Gasteiger partial charge in [-0.3, -0.25) is 4.98 Å². The molecular weight excluding hydrogens is 403 g/mol. The molecule has 0 saturated carbocycles. The van der Waals surface area contributed by atoms with Gasteiger partial charge in [-0.2, -0.15) is 0 Å². The van der Waals surface area contributed by atoms with Crippen molar-refractivity contribution in [3.8, 4) is 17.0 Å². The van der Waals surface area contributed by atoms with E-state index >= 15 is 0 Å². The first-order valence-corrected chi connectivity index (χ1v) is 9.78. The van der Waals surface area contributed by atoms with Crippen molar-refractivity contribution < 1.29 is 49.0 Å². The summed E-state index contributed by atoms with van der Waals surface area (Å²) in [6, 6.07) is 20.8. The molecular formula is C24H23N2NaO4. The van der Waals surface area contributed by atoms with E-state index in [1.807, 2.05) is 49.4 Å². The minimum atomic E-state index is -1.12. The van der Waals surface area contributed by atoms with Crippen molar-refractivity contribution in [3.05, 3.63) is 84.1 Å². The number of ether oxygens (including phenoxy) is 1. The summed E-state index contributed by atoms with van der Waals surface area (Å²) in [7, 11) is 0. The van der Waals surface area contributed by atoms with E-state index in [0.717, 1.165) is 29.0 Å². The van der Waals surface area contributed by atoms with E-state index in [1.165, 1.54) is 0 Å². The second-order valence-electron chi connectivity index (χ2n) is 6.57. The molecule has 154 valence electrons. The van der Waals surface area contributed by atoms with Gasteiger partial charge in [0.05, 0.1) is 11.4 Å². The van der Waals surface area contributed by atoms with E-state index in [2.05, 4.69) is 10.1 Å². The van der Waals surface area contributed by atoms with Crippen molar-refractivity contribution in [1.29, 1.82) is 0 Å². The summed E-state index contributed by atoms with van der Waals surface area (Å²) < 4.78 is 5.61. The Balaban J connectivity index is 0.00000341. The average molecular weight is 426 g/mol. The number of hydrogen-bond donors (Lipinski definition) is 0. The molecule has 3 aromatic rings. The fourth-order valence-electron chi connectivity index (χ4n) is 2.95. The quantitative estimate of drug-likeness (QED) is 0.201. The standard InChI is InChI=1S/C24H24N2O4.Na/c1-2-22(19-8-6-9-20(17-19)23-11-3-4-12-25-23)26-30-14-13-29-21-10-5-7-18(15-21)16-24(27)28;/h3-12,15,17H,2,13-14,16H2,1H3,(H,27,28);/q;+1/p-1/b26-22+;. The topological polar surface area (TPSA) is 83.8 Å². The summed E-state index contributed by atoms with van der Waals surface area (Å²) in [4.78, 5) is 20.5. The van der Waals surface area contributed by atoms with Crippen LogP contribution in [0.2, 0.25) is 0 Å². The number of carbonyl (C=O) groups is 1. The van der Waals surface area contributed by atoms with Crippen LogP contribution >= 0.6 is 0 Å². The number of benzene rings is 2. The van der Waals surface area contributed by atoms with E-state index in [4.69, 9.17) is 9.57 Å². The van der Waals surface area contributed by atoms with Crippen molar-refractivity contribution in [2.45, 2.75) is 19.8 Å². The molecule has 31 heavy (non-hydrogen) atoms. The summed E-state index contributed by atoms with van der Waals surface area (Å²) in [5.74, 6) is -0.538. The normalized spacial score (nSPS) is 10.8. The molecule has 0 bridgehead atoms. The number of rotatable bonds is 10. The molecule has 6 nitrogen and oxygen atoms in total. The molecule has 0 aliphatic carbocycles. The zero-order valence-corrected chi connectivity index (χ0v) is 19.8. The summed E-state index contributed by atoms with van der Waals surface area (Å²) in [5, 5.41) is 15.0. The minimum absolute atomic E-state index is 0. The SMILES string of the molecule is CC/C(=N\OCCOc1cccc(CC(=O)[O-])c1)c1cccc(-c2ccccn2)c1.[Na+]. The molecule has 0 fully saturated rings. The van der Waals surface area contributed by atoms with Gasteiger partial charge in [0.25, 0.3) is 0 Å². The van der Waals surface area contributed by atoms with Gasteiger partial charge in [-0.1, -0.05) is 48.5 Å². The molecule has 0 amide bonds. The minimum Gasteiger partial charge on any atom is -0.550 e. The summed E-state index contributed by atoms with van der Waals surface area (Å²) in [6.45, 7) is 2.59. The van der Waals surface area contributed by atoms with Crippen LogP contribution in [0.5, 0.6) is 5.75 Å². The van der Waals surface area contributed by atoms with Crippen LogP contribution in [0.3, 0.4) is 0 Å². The maximum Gasteiger partial charge on any atom is 1.00 e. The Hall–Kier alpha value is -2.67. The molecule has 0 saturated heterocycles. The fraction of sp³-hybridized carbons (Fsp3) is 0.208. The third kappa shape index (κ3) is 7.83. The number of carboxylic acid groups (broad SMARTS) is 1. The van der Waals surface area contributed by atoms with Crippen LogP contribution in [0, 0.1) is 0 Å². The summed E-state index contributed by atoms with van der Waals surface area (Å²) in [6.07, 6.45) is 2.35. The Morgan fingerprint density at radius 2 is 1.87 bits per heavy atom. The number of aromatic nitrogens is 1. The Morgan fingerprint density at radius 1 is 1.03 bits per heavy atom. The van der Waals surface area contributed by atoms with E-state index in [1.54, 1.807) is 30.5 Å². The van der Waals surface area contributed by atoms with Crippen molar-refractivity contribution in [1.82, 2.24) is 4.98 Å². The van der Waals surface area contributed by atoms with E-state index in [9.17, 15) is 9.90 Å². The summed E-state index contributed by atoms with van der Waals surface area (Å²) >= 11 is 0. The predicted molar refractivity (Wildman–Crippen MR) is 113 cm³/mol. The van der Waals surface area contributed by atoms with Gasteiger partial charge in [0.1, 0.15) is 12.4 Å². The number of nitrogens with zero attached hydrogens (tertiary/aromatic N) is 2. The Kier molecular flexibility index (Phi) is 10.2. The van der Waals surface area contributed by atoms with Gasteiger partial charge in [0, 0.05) is 24.2 Å². The average Bonchev–Trinajstić information content (AvgIpc) is 2.77. The summed E-state index contributed by atoms with van der Waals surface area (Å²) in [5.41, 5.74) is 4.38. The predicted octanol–water partition coefficient (Wildman–Crippen LogP) is 0.255. The van der Waals surface area contributed by atoms with Gasteiger partial charge in [-0.05, 0) is 47.9 Å². The maximum atomic E-state index is 10.7. The Bertz CT molecular complexity index is 1010. The van der Waals surface area contributed by atoms with Crippen molar-refractivity contribution in [3.63, 3.8) is 0 Å². The Labute approximate surface area is 204 Å². The molecule has 0 radical (unpaired) electrons. The number of oxime groups is 1. The molecule has 0 spiro atoms. The van der Waals surface area contributed by atoms with E-state index < -0.39 is 5.97 Å². The van der Waals surface area contributed by atoms with Gasteiger partial charge in [-0.25, -0.2) is 0 Å². The molecule has 0 atom stereocenters. The molecule has 0 aliphatic rings. The molecule has 1 heterocycles. The first-order chi connectivity index (χ1) is 14.7. The second kappa shape index (κ2) is 12.9. The van der Waals surface area contributed by atoms with Crippen LogP contribution in [0.1, 0.15) is 24.5 Å². The van der Waals surface area contributed by atoms with Crippen LogP contribution < -0.4 is 39.4 Å². The smallest absolute Gasteiger partial charge is 0.550 e. The van der Waals surface area contributed by atoms with Gasteiger partial charge < -0.3 is 19.5 Å². The van der Waals surface area contributed by atoms with Crippen molar-refractivity contribution in [2.75, 3.05) is 13.2 Å². The zero-order chi connectivity index (χ0) is 21.2. The molecule has 1 aromatic heterocycles. The molecule has 0 N–H and O–H groups in total. The first kappa shape index (κ1) is 24.6. The Morgan fingerprint density at radius 3 is 2.61 bits per heavy atom. The monoisotopic (exact) mass is 426 g/mol. The van der Waals surface area contributed by atoms with Crippen LogP contribution in [0.25, 0.3) is 11.3 Å². The third-order valence-electron chi connectivity index (χ3n) is 4.36. The molecule has 0 unspecified atom stereocenters. The van der Waals surface area contributed by atoms with Crippen LogP contribution in [0.4, 0.5) is 0 Å². The number of carboxylic acids is 1. The third-order valence-corrected chi connectivity index (χ3v) is 4.36. The van der Waals surface area contributed by atoms with Crippen molar-refractivity contribution in [2.24, 2.45) is 5.16 Å². The van der Waals surface area contributed by atoms with Crippen LogP contribution in [0.15, 0.2) is 78.1 Å². The number of hydrogen-bond acceptors (Lipinski definition) is 6. The molecule has 3 rings (SSSR count).